The quantitative estimate of drug-likeness (QED) is 0.138. The van der Waals surface area contributed by atoms with E-state index < -0.39 is 6.10 Å². The van der Waals surface area contributed by atoms with Crippen molar-refractivity contribution in [2.75, 3.05) is 0 Å². The minimum Gasteiger partial charge on any atom is -0.462 e. The van der Waals surface area contributed by atoms with Gasteiger partial charge in [0.1, 0.15) is 6.10 Å². The molecule has 0 aromatic heterocycles. The van der Waals surface area contributed by atoms with Gasteiger partial charge in [0.05, 0.1) is 6.10 Å². The molecule has 0 aromatic carbocycles. The zero-order chi connectivity index (χ0) is 35.7. The molecular formula is C46H78O3. The third-order valence-corrected chi connectivity index (χ3v) is 16.6. The molecular weight excluding hydrogens is 601 g/mol. The lowest BCUT2D eigenvalue weighted by molar-refractivity contribution is -0.197. The van der Waals surface area contributed by atoms with E-state index in [9.17, 15) is 9.90 Å². The summed E-state index contributed by atoms with van der Waals surface area (Å²) in [5.74, 6) is 2.36. The first kappa shape index (κ1) is 39.1. The number of hydrogen-bond acceptors (Lipinski definition) is 3. The number of fused-ring (bicyclic) bond motifs is 7. The van der Waals surface area contributed by atoms with Gasteiger partial charge in [-0.2, -0.15) is 0 Å². The van der Waals surface area contributed by atoms with Gasteiger partial charge in [-0.05, 0) is 84.9 Å². The van der Waals surface area contributed by atoms with Crippen LogP contribution >= 0.6 is 0 Å². The number of carbonyl (C=O) groups excluding carboxylic acids is 1. The van der Waals surface area contributed by atoms with Crippen LogP contribution in [0.4, 0.5) is 0 Å². The first-order chi connectivity index (χ1) is 23.2. The van der Waals surface area contributed by atoms with E-state index in [1.165, 1.54) is 102 Å². The van der Waals surface area contributed by atoms with E-state index in [1.807, 2.05) is 0 Å². The highest BCUT2D eigenvalue weighted by Crippen LogP contribution is 2.74. The second-order valence-electron chi connectivity index (χ2n) is 19.8. The molecule has 5 aliphatic rings. The van der Waals surface area contributed by atoms with Gasteiger partial charge in [-0.15, -0.1) is 0 Å². The fourth-order valence-corrected chi connectivity index (χ4v) is 12.8. The van der Waals surface area contributed by atoms with Crippen molar-refractivity contribution < 1.29 is 14.6 Å². The molecule has 0 heterocycles. The van der Waals surface area contributed by atoms with Crippen LogP contribution in [0.25, 0.3) is 0 Å². The predicted molar refractivity (Wildman–Crippen MR) is 206 cm³/mol. The van der Waals surface area contributed by atoms with E-state index in [2.05, 4.69) is 74.5 Å². The Kier molecular flexibility index (Phi) is 12.4. The Bertz CT molecular complexity index is 1200. The topological polar surface area (TPSA) is 46.5 Å². The van der Waals surface area contributed by atoms with Gasteiger partial charge in [0.15, 0.2) is 0 Å². The van der Waals surface area contributed by atoms with Crippen LogP contribution in [0.3, 0.4) is 0 Å². The fourth-order valence-electron chi connectivity index (χ4n) is 12.8. The summed E-state index contributed by atoms with van der Waals surface area (Å²) in [5, 5.41) is 12.2. The minimum atomic E-state index is -0.508. The van der Waals surface area contributed by atoms with Gasteiger partial charge in [-0.3, -0.25) is 4.79 Å². The number of carbonyl (C=O) groups is 1. The van der Waals surface area contributed by atoms with Crippen LogP contribution in [-0.2, 0) is 9.53 Å². The monoisotopic (exact) mass is 679 g/mol. The average molecular weight is 679 g/mol. The van der Waals surface area contributed by atoms with Gasteiger partial charge in [-0.25, -0.2) is 0 Å². The van der Waals surface area contributed by atoms with Crippen LogP contribution in [-0.4, -0.2) is 23.3 Å². The van der Waals surface area contributed by atoms with Crippen molar-refractivity contribution in [3.63, 3.8) is 0 Å². The highest BCUT2D eigenvalue weighted by molar-refractivity contribution is 5.69. The highest BCUT2D eigenvalue weighted by Gasteiger charge is 2.68. The molecule has 0 spiro atoms. The average Bonchev–Trinajstić information content (AvgIpc) is 3.05. The molecule has 10 atom stereocenters. The van der Waals surface area contributed by atoms with E-state index in [0.29, 0.717) is 30.1 Å². The van der Waals surface area contributed by atoms with Crippen LogP contribution in [0.2, 0.25) is 0 Å². The van der Waals surface area contributed by atoms with Gasteiger partial charge in [-0.1, -0.05) is 163 Å². The van der Waals surface area contributed by atoms with Crippen LogP contribution in [0.5, 0.6) is 0 Å². The Morgan fingerprint density at radius 1 is 0.755 bits per heavy atom. The minimum absolute atomic E-state index is 0.0406. The SMILES string of the molecule is CCCCCCCCCCCCCCCC(=O)OC1CC(O)C2(C)C3=CC=C4C5C(C)C(C)CCC5(C)CCC4(C)C3(C)CCC2C1(C)C. The Morgan fingerprint density at radius 2 is 1.35 bits per heavy atom. The summed E-state index contributed by atoms with van der Waals surface area (Å²) < 4.78 is 6.31. The molecule has 3 nitrogen and oxygen atoms in total. The summed E-state index contributed by atoms with van der Waals surface area (Å²) in [6.07, 6.45) is 29.9. The third-order valence-electron chi connectivity index (χ3n) is 16.6. The molecule has 280 valence electrons. The van der Waals surface area contributed by atoms with Crippen molar-refractivity contribution in [1.29, 1.82) is 0 Å². The van der Waals surface area contributed by atoms with Crippen molar-refractivity contribution in [1.82, 2.24) is 0 Å². The van der Waals surface area contributed by atoms with E-state index >= 15 is 0 Å². The smallest absolute Gasteiger partial charge is 0.306 e. The standard InChI is InChI=1S/C46H78O3/c1-10-11-12-13-14-15-16-17-18-19-20-21-22-23-40(48)49-39-32-38(47)46(9)36(42(39,4)5)27-29-45(8)37(46)25-24-35-41-34(3)33(2)26-28-43(41,6)30-31-44(35,45)7/h24-25,33-34,36,38-39,41,47H,10-23,26-32H2,1-9H3. The fraction of sp³-hybridized carbons (Fsp3) is 0.891. The Hall–Kier alpha value is -1.09. The summed E-state index contributed by atoms with van der Waals surface area (Å²) >= 11 is 0. The van der Waals surface area contributed by atoms with Crippen molar-refractivity contribution in [2.24, 2.45) is 50.7 Å². The first-order valence-corrected chi connectivity index (χ1v) is 21.5. The zero-order valence-corrected chi connectivity index (χ0v) is 33.7. The number of esters is 1. The molecule has 0 bridgehead atoms. The van der Waals surface area contributed by atoms with Gasteiger partial charge >= 0.3 is 5.97 Å². The Morgan fingerprint density at radius 3 is 1.96 bits per heavy atom. The molecule has 5 aliphatic carbocycles. The molecule has 0 aliphatic heterocycles. The second-order valence-corrected chi connectivity index (χ2v) is 19.8. The molecule has 49 heavy (non-hydrogen) atoms. The van der Waals surface area contributed by atoms with Crippen LogP contribution < -0.4 is 0 Å². The maximum Gasteiger partial charge on any atom is 0.306 e. The van der Waals surface area contributed by atoms with Crippen molar-refractivity contribution in [3.8, 4) is 0 Å². The largest absolute Gasteiger partial charge is 0.462 e. The van der Waals surface area contributed by atoms with Crippen LogP contribution in [0.15, 0.2) is 23.3 Å². The maximum absolute atomic E-state index is 13.2. The molecule has 5 rings (SSSR count). The Labute approximate surface area is 303 Å². The molecule has 0 amide bonds. The van der Waals surface area contributed by atoms with E-state index in [-0.39, 0.29) is 39.7 Å². The van der Waals surface area contributed by atoms with Crippen LogP contribution in [0, 0.1) is 50.7 Å². The molecule has 4 saturated carbocycles. The van der Waals surface area contributed by atoms with Crippen molar-refractivity contribution in [3.05, 3.63) is 23.3 Å². The predicted octanol–water partition coefficient (Wildman–Crippen LogP) is 12.9. The zero-order valence-electron chi connectivity index (χ0n) is 33.7. The normalized spacial score (nSPS) is 41.0. The summed E-state index contributed by atoms with van der Waals surface area (Å²) in [6.45, 7) is 22.1. The number of ether oxygens (including phenoxy) is 1. The molecule has 0 radical (unpaired) electrons. The van der Waals surface area contributed by atoms with Crippen LogP contribution in [0.1, 0.15) is 197 Å². The molecule has 4 fully saturated rings. The van der Waals surface area contributed by atoms with Gasteiger partial charge < -0.3 is 9.84 Å². The lowest BCUT2D eigenvalue weighted by atomic mass is 9.35. The van der Waals surface area contributed by atoms with Gasteiger partial charge in [0.25, 0.3) is 0 Å². The van der Waals surface area contributed by atoms with Crippen molar-refractivity contribution >= 4 is 5.97 Å². The number of aliphatic hydroxyl groups excluding tert-OH is 1. The second kappa shape index (κ2) is 15.5. The third kappa shape index (κ3) is 7.17. The maximum atomic E-state index is 13.2. The molecule has 1 N–H and O–H groups in total. The van der Waals surface area contributed by atoms with Gasteiger partial charge in [0, 0.05) is 23.7 Å². The first-order valence-electron chi connectivity index (χ1n) is 21.5. The molecule has 0 saturated heterocycles. The summed E-state index contributed by atoms with van der Waals surface area (Å²) in [6, 6.07) is 0. The van der Waals surface area contributed by atoms with Gasteiger partial charge in [0.2, 0.25) is 0 Å². The van der Waals surface area contributed by atoms with E-state index in [1.54, 1.807) is 5.57 Å². The molecule has 3 heteroatoms. The Balaban J connectivity index is 1.17. The molecule has 10 unspecified atom stereocenters. The summed E-state index contributed by atoms with van der Waals surface area (Å²) in [5.41, 5.74) is 3.28. The number of rotatable bonds is 15. The summed E-state index contributed by atoms with van der Waals surface area (Å²) in [7, 11) is 0. The number of unbranched alkanes of at least 4 members (excludes halogenated alkanes) is 12. The number of allylic oxidation sites excluding steroid dienone is 3. The number of hydrogen-bond donors (Lipinski definition) is 1. The van der Waals surface area contributed by atoms with Crippen molar-refractivity contribution in [2.45, 2.75) is 209 Å². The lowest BCUT2D eigenvalue weighted by Gasteiger charge is -2.69. The highest BCUT2D eigenvalue weighted by atomic mass is 16.5. The number of aliphatic hydroxyl groups is 1. The van der Waals surface area contributed by atoms with E-state index in [4.69, 9.17) is 4.74 Å². The summed E-state index contributed by atoms with van der Waals surface area (Å²) in [4.78, 5) is 13.2. The lowest BCUT2D eigenvalue weighted by Crippen LogP contribution is -2.65. The van der Waals surface area contributed by atoms with E-state index in [0.717, 1.165) is 31.6 Å². The molecule has 0 aromatic rings.